The van der Waals surface area contributed by atoms with Gasteiger partial charge in [-0.05, 0) is 5.56 Å². The number of ether oxygens (including phenoxy) is 1. The van der Waals surface area contributed by atoms with E-state index in [-0.39, 0.29) is 21.9 Å². The predicted molar refractivity (Wildman–Crippen MR) is 60.6 cm³/mol. The monoisotopic (exact) mass is 241 g/mol. The van der Waals surface area contributed by atoms with Gasteiger partial charge in [-0.15, -0.1) is 0 Å². The summed E-state index contributed by atoms with van der Waals surface area (Å²) in [4.78, 5) is 21.3. The molecule has 1 rings (SSSR count). The minimum atomic E-state index is -0.997. The van der Waals surface area contributed by atoms with Gasteiger partial charge in [-0.1, -0.05) is 30.3 Å². The number of nitrogens with one attached hydrogen (secondary N) is 1. The highest BCUT2D eigenvalue weighted by atomic mass is 31.1. The fraction of sp³-hybridized carbons (Fsp3) is 0.200. The zero-order chi connectivity index (χ0) is 11.8. The van der Waals surface area contributed by atoms with E-state index in [9.17, 15) is 9.59 Å². The summed E-state index contributed by atoms with van der Waals surface area (Å²) in [7, 11) is -0.341. The summed E-state index contributed by atoms with van der Waals surface area (Å²) < 4.78 is 4.93. The Morgan fingerprint density at radius 1 is 1.31 bits per heavy atom. The van der Waals surface area contributed by atoms with E-state index < -0.39 is 11.7 Å². The van der Waals surface area contributed by atoms with E-state index in [4.69, 9.17) is 9.84 Å². The molecule has 0 heterocycles. The van der Waals surface area contributed by atoms with Crippen molar-refractivity contribution in [2.75, 3.05) is 6.54 Å². The molecule has 1 aromatic carbocycles. The number of rotatable bonds is 6. The maximum atomic E-state index is 11.1. The minimum absolute atomic E-state index is 0.210. The van der Waals surface area contributed by atoms with E-state index in [1.165, 1.54) is 0 Å². The summed E-state index contributed by atoms with van der Waals surface area (Å²) in [6.07, 6.45) is 0. The van der Waals surface area contributed by atoms with Gasteiger partial charge in [-0.2, -0.15) is 0 Å². The van der Waals surface area contributed by atoms with Crippen LogP contribution in [0.4, 0.5) is 4.79 Å². The first-order chi connectivity index (χ1) is 7.68. The molecular formula is C10H12NO4P. The standard InChI is InChI=1S/C10H12NO4P/c12-9(13)6-11-16-10(14)15-7-8-4-2-1-3-5-8/h1-5,11,16H,6-7H2,(H,12,13). The molecule has 1 atom stereocenters. The van der Waals surface area contributed by atoms with Gasteiger partial charge in [0.2, 0.25) is 0 Å². The van der Waals surface area contributed by atoms with E-state index in [1.54, 1.807) is 0 Å². The van der Waals surface area contributed by atoms with Crippen LogP contribution in [-0.2, 0) is 16.1 Å². The topological polar surface area (TPSA) is 75.6 Å². The first kappa shape index (κ1) is 12.6. The lowest BCUT2D eigenvalue weighted by Crippen LogP contribution is -2.16. The molecule has 0 aliphatic carbocycles. The highest BCUT2D eigenvalue weighted by molar-refractivity contribution is 7.55. The van der Waals surface area contributed by atoms with Crippen molar-refractivity contribution >= 4 is 20.4 Å². The molecule has 0 radical (unpaired) electrons. The van der Waals surface area contributed by atoms with Crippen molar-refractivity contribution in [1.29, 1.82) is 0 Å². The number of carboxylic acid groups (broad SMARTS) is 1. The number of hydrogen-bond donors (Lipinski definition) is 2. The van der Waals surface area contributed by atoms with Crippen LogP contribution in [0.25, 0.3) is 0 Å². The van der Waals surface area contributed by atoms with Gasteiger partial charge in [0, 0.05) is 0 Å². The highest BCUT2D eigenvalue weighted by Crippen LogP contribution is 2.10. The van der Waals surface area contributed by atoms with Crippen LogP contribution in [0.3, 0.4) is 0 Å². The van der Waals surface area contributed by atoms with Crippen LogP contribution < -0.4 is 5.09 Å². The van der Waals surface area contributed by atoms with Crippen LogP contribution in [0.1, 0.15) is 5.56 Å². The van der Waals surface area contributed by atoms with E-state index >= 15 is 0 Å². The van der Waals surface area contributed by atoms with Gasteiger partial charge in [0.1, 0.15) is 6.61 Å². The third-order valence-electron chi connectivity index (χ3n) is 1.64. The smallest absolute Gasteiger partial charge is 0.338 e. The van der Waals surface area contributed by atoms with Crippen molar-refractivity contribution in [1.82, 2.24) is 5.09 Å². The van der Waals surface area contributed by atoms with Gasteiger partial charge in [0.05, 0.1) is 15.3 Å². The summed E-state index contributed by atoms with van der Waals surface area (Å²) in [6.45, 7) is -0.0275. The van der Waals surface area contributed by atoms with Crippen LogP contribution in [0.5, 0.6) is 0 Å². The molecule has 1 unspecified atom stereocenters. The molecule has 0 aliphatic heterocycles. The van der Waals surface area contributed by atoms with Gasteiger partial charge in [0.25, 0.3) is 0 Å². The van der Waals surface area contributed by atoms with Crippen molar-refractivity contribution in [3.05, 3.63) is 35.9 Å². The molecule has 0 saturated carbocycles. The fourth-order valence-electron chi connectivity index (χ4n) is 0.951. The van der Waals surface area contributed by atoms with Gasteiger partial charge < -0.3 is 9.84 Å². The second kappa shape index (κ2) is 6.93. The van der Waals surface area contributed by atoms with Crippen molar-refractivity contribution in [3.8, 4) is 0 Å². The van der Waals surface area contributed by atoms with Gasteiger partial charge in [-0.3, -0.25) is 9.88 Å². The second-order valence-corrected chi connectivity index (χ2v) is 3.95. The van der Waals surface area contributed by atoms with E-state index in [2.05, 4.69) is 5.09 Å². The Bertz CT molecular complexity index is 355. The Kier molecular flexibility index (Phi) is 5.46. The summed E-state index contributed by atoms with van der Waals surface area (Å²) in [5.74, 6) is -0.997. The summed E-state index contributed by atoms with van der Waals surface area (Å²) in [6, 6.07) is 9.28. The van der Waals surface area contributed by atoms with Crippen molar-refractivity contribution in [2.45, 2.75) is 6.61 Å². The van der Waals surface area contributed by atoms with Gasteiger partial charge in [0.15, 0.2) is 0 Å². The average molecular weight is 241 g/mol. The SMILES string of the molecule is O=C(O)CNPC(=O)OCc1ccccc1. The van der Waals surface area contributed by atoms with E-state index in [0.29, 0.717) is 0 Å². The zero-order valence-electron chi connectivity index (χ0n) is 8.47. The molecule has 6 heteroatoms. The number of benzene rings is 1. The molecule has 2 N–H and O–H groups in total. The number of carbonyl (C=O) groups excluding carboxylic acids is 1. The van der Waals surface area contributed by atoms with E-state index in [1.807, 2.05) is 30.3 Å². The normalized spacial score (nSPS) is 10.5. The minimum Gasteiger partial charge on any atom is -0.480 e. The Hall–Kier alpha value is -1.45. The van der Waals surface area contributed by atoms with Crippen molar-refractivity contribution < 1.29 is 19.4 Å². The molecule has 0 bridgehead atoms. The number of carboxylic acids is 1. The molecule has 1 aromatic rings. The number of carbonyl (C=O) groups is 2. The quantitative estimate of drug-likeness (QED) is 0.739. The number of hydrogen-bond acceptors (Lipinski definition) is 4. The molecule has 5 nitrogen and oxygen atoms in total. The lowest BCUT2D eigenvalue weighted by atomic mass is 10.2. The molecule has 86 valence electrons. The third kappa shape index (κ3) is 5.44. The first-order valence-corrected chi connectivity index (χ1v) is 5.60. The first-order valence-electron chi connectivity index (χ1n) is 4.60. The number of aliphatic carboxylic acids is 1. The molecule has 0 spiro atoms. The third-order valence-corrected chi connectivity index (χ3v) is 2.34. The Labute approximate surface area is 94.6 Å². The summed E-state index contributed by atoms with van der Waals surface area (Å²) >= 11 is 0. The largest absolute Gasteiger partial charge is 0.480 e. The van der Waals surface area contributed by atoms with E-state index in [0.717, 1.165) is 5.56 Å². The molecule has 0 aromatic heterocycles. The predicted octanol–water partition coefficient (Wildman–Crippen LogP) is 1.59. The van der Waals surface area contributed by atoms with Crippen LogP contribution in [-0.4, -0.2) is 23.3 Å². The molecule has 0 saturated heterocycles. The van der Waals surface area contributed by atoms with Gasteiger partial charge in [-0.25, -0.2) is 4.79 Å². The highest BCUT2D eigenvalue weighted by Gasteiger charge is 2.04. The molecule has 16 heavy (non-hydrogen) atoms. The molecule has 0 amide bonds. The summed E-state index contributed by atoms with van der Waals surface area (Å²) in [5.41, 5.74) is 0.462. The molecule has 0 fully saturated rings. The van der Waals surface area contributed by atoms with Crippen LogP contribution in [0.2, 0.25) is 0 Å². The summed E-state index contributed by atoms with van der Waals surface area (Å²) in [5, 5.41) is 10.8. The van der Waals surface area contributed by atoms with Crippen molar-refractivity contribution in [3.63, 3.8) is 0 Å². The molecule has 0 aliphatic rings. The lowest BCUT2D eigenvalue weighted by molar-refractivity contribution is -0.135. The lowest BCUT2D eigenvalue weighted by Gasteiger charge is -2.04. The maximum absolute atomic E-state index is 11.1. The molecular weight excluding hydrogens is 229 g/mol. The Morgan fingerprint density at radius 2 is 2.00 bits per heavy atom. The fourth-order valence-corrected chi connectivity index (χ4v) is 1.48. The van der Waals surface area contributed by atoms with Crippen LogP contribution >= 0.6 is 8.73 Å². The average Bonchev–Trinajstić information content (AvgIpc) is 2.27. The second-order valence-electron chi connectivity index (χ2n) is 2.93. The Morgan fingerprint density at radius 3 is 2.62 bits per heavy atom. The van der Waals surface area contributed by atoms with Crippen LogP contribution in [0, 0.1) is 0 Å². The van der Waals surface area contributed by atoms with Crippen LogP contribution in [0.15, 0.2) is 30.3 Å². The Balaban J connectivity index is 2.18. The van der Waals surface area contributed by atoms with Gasteiger partial charge >= 0.3 is 11.7 Å². The van der Waals surface area contributed by atoms with Crippen molar-refractivity contribution in [2.24, 2.45) is 0 Å². The zero-order valence-corrected chi connectivity index (χ0v) is 9.47. The maximum Gasteiger partial charge on any atom is 0.338 e.